The largest absolute Gasteiger partial charge is 0.351 e. The smallest absolute Gasteiger partial charge is 0.251 e. The summed E-state index contributed by atoms with van der Waals surface area (Å²) in [6.07, 6.45) is 0. The molecule has 120 valence electrons. The van der Waals surface area contributed by atoms with E-state index in [1.807, 2.05) is 31.2 Å². The van der Waals surface area contributed by atoms with Crippen LogP contribution >= 0.6 is 11.3 Å². The summed E-state index contributed by atoms with van der Waals surface area (Å²) < 4.78 is 0.924. The summed E-state index contributed by atoms with van der Waals surface area (Å²) in [4.78, 5) is 33.3. The number of rotatable bonds is 2. The number of nitrogens with one attached hydrogen (secondary N) is 2. The van der Waals surface area contributed by atoms with Gasteiger partial charge in [0.1, 0.15) is 0 Å². The highest BCUT2D eigenvalue weighted by atomic mass is 32.1. The zero-order valence-corrected chi connectivity index (χ0v) is 13.7. The summed E-state index contributed by atoms with van der Waals surface area (Å²) in [5.41, 5.74) is 2.81. The SMILES string of the molecule is Cc1ccc2sc(NC(=O)C3CNC(=O)c4ccccc43)nc2n1. The maximum Gasteiger partial charge on any atom is 0.251 e. The molecule has 1 aliphatic heterocycles. The van der Waals surface area contributed by atoms with E-state index in [9.17, 15) is 9.59 Å². The van der Waals surface area contributed by atoms with Gasteiger partial charge in [-0.05, 0) is 30.7 Å². The summed E-state index contributed by atoms with van der Waals surface area (Å²) in [6, 6.07) is 11.0. The molecule has 1 aliphatic rings. The molecule has 3 aromatic rings. The molecule has 2 aromatic heterocycles. The van der Waals surface area contributed by atoms with Crippen LogP contribution in [0.4, 0.5) is 5.13 Å². The highest BCUT2D eigenvalue weighted by Crippen LogP contribution is 2.28. The maximum absolute atomic E-state index is 12.7. The van der Waals surface area contributed by atoms with Crippen molar-refractivity contribution in [1.29, 1.82) is 0 Å². The molecule has 1 atom stereocenters. The van der Waals surface area contributed by atoms with Crippen LogP contribution in [0.5, 0.6) is 0 Å². The van der Waals surface area contributed by atoms with Crippen LogP contribution in [0.3, 0.4) is 0 Å². The zero-order chi connectivity index (χ0) is 16.7. The molecule has 2 N–H and O–H groups in total. The topological polar surface area (TPSA) is 84.0 Å². The van der Waals surface area contributed by atoms with Gasteiger partial charge in [0.05, 0.1) is 10.6 Å². The summed E-state index contributed by atoms with van der Waals surface area (Å²) in [5.74, 6) is -0.756. The highest BCUT2D eigenvalue weighted by molar-refractivity contribution is 7.22. The number of aromatic nitrogens is 2. The Labute approximate surface area is 141 Å². The van der Waals surface area contributed by atoms with Crippen LogP contribution < -0.4 is 10.6 Å². The number of fused-ring (bicyclic) bond motifs is 2. The lowest BCUT2D eigenvalue weighted by Crippen LogP contribution is -2.39. The second-order valence-corrected chi connectivity index (χ2v) is 6.66. The third-order valence-electron chi connectivity index (χ3n) is 3.99. The fourth-order valence-corrected chi connectivity index (χ4v) is 3.61. The summed E-state index contributed by atoms with van der Waals surface area (Å²) in [6.45, 7) is 2.18. The number of hydrogen-bond donors (Lipinski definition) is 2. The predicted molar refractivity (Wildman–Crippen MR) is 92.3 cm³/mol. The van der Waals surface area contributed by atoms with Crippen LogP contribution in [-0.4, -0.2) is 28.3 Å². The van der Waals surface area contributed by atoms with Gasteiger partial charge >= 0.3 is 0 Å². The van der Waals surface area contributed by atoms with Crippen LogP contribution in [0.15, 0.2) is 36.4 Å². The number of nitrogens with zero attached hydrogens (tertiary/aromatic N) is 2. The molecule has 2 amide bonds. The van der Waals surface area contributed by atoms with Crippen molar-refractivity contribution >= 4 is 38.6 Å². The van der Waals surface area contributed by atoms with Crippen molar-refractivity contribution in [2.24, 2.45) is 0 Å². The second-order valence-electron chi connectivity index (χ2n) is 5.63. The summed E-state index contributed by atoms with van der Waals surface area (Å²) >= 11 is 1.39. The van der Waals surface area contributed by atoms with Crippen LogP contribution in [0, 0.1) is 6.92 Å². The lowest BCUT2D eigenvalue weighted by molar-refractivity contribution is -0.117. The minimum absolute atomic E-state index is 0.144. The van der Waals surface area contributed by atoms with Gasteiger partial charge in [-0.3, -0.25) is 9.59 Å². The first-order valence-electron chi connectivity index (χ1n) is 7.54. The van der Waals surface area contributed by atoms with Crippen molar-refractivity contribution in [3.05, 3.63) is 53.2 Å². The van der Waals surface area contributed by atoms with Gasteiger partial charge in [0.25, 0.3) is 5.91 Å². The molecule has 0 saturated heterocycles. The fourth-order valence-electron chi connectivity index (χ4n) is 2.80. The van der Waals surface area contributed by atoms with Crippen molar-refractivity contribution in [2.75, 3.05) is 11.9 Å². The Hall–Kier alpha value is -2.80. The second kappa shape index (κ2) is 5.68. The highest BCUT2D eigenvalue weighted by Gasteiger charge is 2.30. The first kappa shape index (κ1) is 14.8. The monoisotopic (exact) mass is 338 g/mol. The summed E-state index contributed by atoms with van der Waals surface area (Å²) in [5, 5.41) is 6.13. The number of carbonyl (C=O) groups excluding carboxylic acids is 2. The number of anilines is 1. The van der Waals surface area contributed by atoms with Gasteiger partial charge in [-0.1, -0.05) is 29.5 Å². The number of thiazole rings is 1. The van der Waals surface area contributed by atoms with E-state index >= 15 is 0 Å². The molecular formula is C17H14N4O2S. The van der Waals surface area contributed by atoms with Gasteiger partial charge in [-0.25, -0.2) is 4.98 Å². The van der Waals surface area contributed by atoms with Gasteiger partial charge in [0.15, 0.2) is 10.8 Å². The third kappa shape index (κ3) is 2.52. The lowest BCUT2D eigenvalue weighted by Gasteiger charge is -2.24. The molecule has 1 aromatic carbocycles. The Bertz CT molecular complexity index is 966. The molecule has 7 heteroatoms. The van der Waals surface area contributed by atoms with Crippen molar-refractivity contribution in [1.82, 2.24) is 15.3 Å². The van der Waals surface area contributed by atoms with E-state index in [0.717, 1.165) is 16.0 Å². The van der Waals surface area contributed by atoms with Gasteiger partial charge < -0.3 is 10.6 Å². The third-order valence-corrected chi connectivity index (χ3v) is 4.91. The number of pyridine rings is 1. The number of carbonyl (C=O) groups is 2. The molecule has 0 aliphatic carbocycles. The molecule has 4 rings (SSSR count). The van der Waals surface area contributed by atoms with Crippen molar-refractivity contribution in [3.63, 3.8) is 0 Å². The average molecular weight is 338 g/mol. The Kier molecular flexibility index (Phi) is 3.50. The van der Waals surface area contributed by atoms with Gasteiger partial charge in [-0.15, -0.1) is 0 Å². The Morgan fingerprint density at radius 3 is 2.96 bits per heavy atom. The van der Waals surface area contributed by atoms with Crippen LogP contribution in [0.1, 0.15) is 27.5 Å². The van der Waals surface area contributed by atoms with E-state index in [4.69, 9.17) is 0 Å². The van der Waals surface area contributed by atoms with Crippen LogP contribution in [-0.2, 0) is 4.79 Å². The molecule has 6 nitrogen and oxygen atoms in total. The van der Waals surface area contributed by atoms with Gasteiger partial charge in [-0.2, -0.15) is 4.98 Å². The number of benzene rings is 1. The Balaban J connectivity index is 1.62. The van der Waals surface area contributed by atoms with Crippen molar-refractivity contribution in [2.45, 2.75) is 12.8 Å². The van der Waals surface area contributed by atoms with E-state index < -0.39 is 5.92 Å². The first-order valence-corrected chi connectivity index (χ1v) is 8.35. The Morgan fingerprint density at radius 1 is 1.25 bits per heavy atom. The molecule has 0 spiro atoms. The summed E-state index contributed by atoms with van der Waals surface area (Å²) in [7, 11) is 0. The first-order chi connectivity index (χ1) is 11.6. The van der Waals surface area contributed by atoms with E-state index in [0.29, 0.717) is 16.3 Å². The number of amides is 2. The van der Waals surface area contributed by atoms with E-state index in [1.165, 1.54) is 11.3 Å². The quantitative estimate of drug-likeness (QED) is 0.752. The van der Waals surface area contributed by atoms with Gasteiger partial charge in [0.2, 0.25) is 5.91 Å². The minimum atomic E-state index is -0.430. The molecular weight excluding hydrogens is 324 g/mol. The zero-order valence-electron chi connectivity index (χ0n) is 12.9. The molecule has 0 bridgehead atoms. The van der Waals surface area contributed by atoms with Crippen molar-refractivity contribution in [3.8, 4) is 0 Å². The normalized spacial score (nSPS) is 16.5. The molecule has 0 saturated carbocycles. The minimum Gasteiger partial charge on any atom is -0.351 e. The predicted octanol–water partition coefficient (Wildman–Crippen LogP) is 2.47. The molecule has 3 heterocycles. The lowest BCUT2D eigenvalue weighted by atomic mass is 9.90. The Morgan fingerprint density at radius 2 is 2.08 bits per heavy atom. The number of hydrogen-bond acceptors (Lipinski definition) is 5. The van der Waals surface area contributed by atoms with Gasteiger partial charge in [0, 0.05) is 17.8 Å². The van der Waals surface area contributed by atoms with Crippen molar-refractivity contribution < 1.29 is 9.59 Å². The molecule has 24 heavy (non-hydrogen) atoms. The average Bonchev–Trinajstić information content (AvgIpc) is 2.96. The standard InChI is InChI=1S/C17H14N4O2S/c1-9-6-7-13-14(19-9)20-17(24-13)21-16(23)12-8-18-15(22)11-5-3-2-4-10(11)12/h2-7,12H,8H2,1H3,(H,18,22)(H,19,20,21,23). The van der Waals surface area contributed by atoms with E-state index in [2.05, 4.69) is 20.6 Å². The van der Waals surface area contributed by atoms with E-state index in [-0.39, 0.29) is 18.4 Å². The maximum atomic E-state index is 12.7. The fraction of sp³-hybridized carbons (Fsp3) is 0.176. The van der Waals surface area contributed by atoms with Crippen LogP contribution in [0.2, 0.25) is 0 Å². The molecule has 0 fully saturated rings. The van der Waals surface area contributed by atoms with E-state index in [1.54, 1.807) is 12.1 Å². The molecule has 0 radical (unpaired) electrons. The number of aryl methyl sites for hydroxylation is 1. The van der Waals surface area contributed by atoms with Crippen LogP contribution in [0.25, 0.3) is 10.3 Å². The molecule has 1 unspecified atom stereocenters.